The molecule has 0 N–H and O–H groups in total. The van der Waals surface area contributed by atoms with Crippen molar-refractivity contribution in [3.63, 3.8) is 0 Å². The summed E-state index contributed by atoms with van der Waals surface area (Å²) in [6.07, 6.45) is 0.892. The van der Waals surface area contributed by atoms with Crippen LogP contribution in [0.3, 0.4) is 0 Å². The first-order valence-electron chi connectivity index (χ1n) is 7.28. The maximum Gasteiger partial charge on any atom is 0.337 e. The molecule has 3 rings (SSSR count). The molecular weight excluding hydrogens is 276 g/mol. The highest BCUT2D eigenvalue weighted by molar-refractivity contribution is 5.89. The third kappa shape index (κ3) is 2.72. The number of nitrogens with zero attached hydrogens (tertiary/aromatic N) is 2. The molecule has 0 unspecified atom stereocenters. The molecule has 0 spiro atoms. The van der Waals surface area contributed by atoms with Crippen LogP contribution in [0.25, 0.3) is 11.0 Å². The van der Waals surface area contributed by atoms with Gasteiger partial charge < -0.3 is 9.30 Å². The predicted octanol–water partition coefficient (Wildman–Crippen LogP) is 3.37. The molecule has 1 heterocycles. The van der Waals surface area contributed by atoms with Crippen molar-refractivity contribution in [1.82, 2.24) is 9.55 Å². The van der Waals surface area contributed by atoms with Gasteiger partial charge in [-0.25, -0.2) is 9.78 Å². The normalized spacial score (nSPS) is 10.8. The first-order valence-corrected chi connectivity index (χ1v) is 7.28. The van der Waals surface area contributed by atoms with E-state index in [9.17, 15) is 4.79 Å². The minimum atomic E-state index is -0.303. The Balaban J connectivity index is 1.77. The number of carbonyl (C=O) groups excluding carboxylic acids is 1. The number of hydrogen-bond acceptors (Lipinski definition) is 3. The molecule has 3 aromatic rings. The minimum Gasteiger partial charge on any atom is -0.465 e. The highest BCUT2D eigenvalue weighted by Gasteiger charge is 2.07. The summed E-state index contributed by atoms with van der Waals surface area (Å²) >= 11 is 0. The van der Waals surface area contributed by atoms with E-state index in [2.05, 4.69) is 15.6 Å². The number of aryl methyl sites for hydroxylation is 3. The maximum atomic E-state index is 11.4. The van der Waals surface area contributed by atoms with E-state index in [0.717, 1.165) is 29.8 Å². The standard InChI is InChI=1S/C18H18N2O2/c1-13-19-16-5-3-4-6-17(16)20(13)12-11-14-7-9-15(10-8-14)18(21)22-2/h3-10H,11-12H2,1-2H3. The second-order valence-corrected chi connectivity index (χ2v) is 5.24. The molecular formula is C18H18N2O2. The number of methoxy groups -OCH3 is 1. The van der Waals surface area contributed by atoms with Crippen LogP contribution in [0, 0.1) is 6.92 Å². The smallest absolute Gasteiger partial charge is 0.337 e. The van der Waals surface area contributed by atoms with E-state index < -0.39 is 0 Å². The van der Waals surface area contributed by atoms with Crippen molar-refractivity contribution in [1.29, 1.82) is 0 Å². The maximum absolute atomic E-state index is 11.4. The first kappa shape index (κ1) is 14.3. The van der Waals surface area contributed by atoms with Gasteiger partial charge in [0.05, 0.1) is 23.7 Å². The summed E-state index contributed by atoms with van der Waals surface area (Å²) in [7, 11) is 1.39. The molecule has 0 bridgehead atoms. The largest absolute Gasteiger partial charge is 0.465 e. The Labute approximate surface area is 129 Å². The van der Waals surface area contributed by atoms with Crippen LogP contribution in [0.2, 0.25) is 0 Å². The number of ether oxygens (including phenoxy) is 1. The van der Waals surface area contributed by atoms with Crippen molar-refractivity contribution in [3.8, 4) is 0 Å². The Kier molecular flexibility index (Phi) is 3.92. The van der Waals surface area contributed by atoms with Crippen LogP contribution < -0.4 is 0 Å². The Hall–Kier alpha value is -2.62. The average Bonchev–Trinajstić information content (AvgIpc) is 2.88. The molecule has 0 radical (unpaired) electrons. The lowest BCUT2D eigenvalue weighted by Gasteiger charge is -2.07. The fraction of sp³-hybridized carbons (Fsp3) is 0.222. The summed E-state index contributed by atoms with van der Waals surface area (Å²) in [6, 6.07) is 15.7. The quantitative estimate of drug-likeness (QED) is 0.693. The van der Waals surface area contributed by atoms with E-state index >= 15 is 0 Å². The van der Waals surface area contributed by atoms with E-state index in [0.29, 0.717) is 5.56 Å². The summed E-state index contributed by atoms with van der Waals surface area (Å²) < 4.78 is 6.93. The molecule has 0 fully saturated rings. The zero-order valence-corrected chi connectivity index (χ0v) is 12.7. The number of aromatic nitrogens is 2. The number of imidazole rings is 1. The molecule has 2 aromatic carbocycles. The van der Waals surface area contributed by atoms with Crippen LogP contribution in [-0.4, -0.2) is 22.6 Å². The van der Waals surface area contributed by atoms with Crippen molar-refractivity contribution in [2.24, 2.45) is 0 Å². The molecule has 4 heteroatoms. The zero-order valence-electron chi connectivity index (χ0n) is 12.7. The average molecular weight is 294 g/mol. The van der Waals surface area contributed by atoms with Gasteiger partial charge in [0.15, 0.2) is 0 Å². The number of fused-ring (bicyclic) bond motifs is 1. The monoisotopic (exact) mass is 294 g/mol. The number of benzene rings is 2. The second kappa shape index (κ2) is 6.02. The summed E-state index contributed by atoms with van der Waals surface area (Å²) in [4.78, 5) is 16.0. The first-order chi connectivity index (χ1) is 10.7. The molecule has 0 saturated heterocycles. The lowest BCUT2D eigenvalue weighted by molar-refractivity contribution is 0.0600. The van der Waals surface area contributed by atoms with Crippen molar-refractivity contribution in [2.45, 2.75) is 19.9 Å². The van der Waals surface area contributed by atoms with Crippen molar-refractivity contribution >= 4 is 17.0 Å². The van der Waals surface area contributed by atoms with Crippen LogP contribution in [-0.2, 0) is 17.7 Å². The van der Waals surface area contributed by atoms with Gasteiger partial charge in [0.1, 0.15) is 5.82 Å². The van der Waals surface area contributed by atoms with Gasteiger partial charge in [0.25, 0.3) is 0 Å². The highest BCUT2D eigenvalue weighted by Crippen LogP contribution is 2.16. The SMILES string of the molecule is COC(=O)c1ccc(CCn2c(C)nc3ccccc32)cc1. The van der Waals surface area contributed by atoms with E-state index in [4.69, 9.17) is 4.74 Å². The van der Waals surface area contributed by atoms with Crippen LogP contribution in [0.5, 0.6) is 0 Å². The van der Waals surface area contributed by atoms with E-state index in [-0.39, 0.29) is 5.97 Å². The fourth-order valence-electron chi connectivity index (χ4n) is 2.64. The van der Waals surface area contributed by atoms with E-state index in [1.54, 1.807) is 12.1 Å². The molecule has 1 aromatic heterocycles. The van der Waals surface area contributed by atoms with Gasteiger partial charge in [0, 0.05) is 6.54 Å². The molecule has 0 aliphatic rings. The van der Waals surface area contributed by atoms with Gasteiger partial charge in [-0.1, -0.05) is 24.3 Å². The lowest BCUT2D eigenvalue weighted by Crippen LogP contribution is -2.04. The van der Waals surface area contributed by atoms with Gasteiger partial charge in [-0.2, -0.15) is 0 Å². The lowest BCUT2D eigenvalue weighted by atomic mass is 10.1. The molecule has 0 aliphatic carbocycles. The third-order valence-electron chi connectivity index (χ3n) is 3.84. The van der Waals surface area contributed by atoms with Crippen molar-refractivity contribution < 1.29 is 9.53 Å². The van der Waals surface area contributed by atoms with Gasteiger partial charge >= 0.3 is 5.97 Å². The Morgan fingerprint density at radius 1 is 1.14 bits per heavy atom. The van der Waals surface area contributed by atoms with Crippen LogP contribution >= 0.6 is 0 Å². The number of carbonyl (C=O) groups is 1. The minimum absolute atomic E-state index is 0.303. The summed E-state index contributed by atoms with van der Waals surface area (Å²) in [5, 5.41) is 0. The van der Waals surface area contributed by atoms with Gasteiger partial charge in [-0.15, -0.1) is 0 Å². The van der Waals surface area contributed by atoms with Crippen molar-refractivity contribution in [3.05, 3.63) is 65.5 Å². The number of esters is 1. The third-order valence-corrected chi connectivity index (χ3v) is 3.84. The second-order valence-electron chi connectivity index (χ2n) is 5.24. The zero-order chi connectivity index (χ0) is 15.5. The van der Waals surface area contributed by atoms with Gasteiger partial charge in [-0.3, -0.25) is 0 Å². The predicted molar refractivity (Wildman–Crippen MR) is 86.0 cm³/mol. The van der Waals surface area contributed by atoms with E-state index in [1.165, 1.54) is 12.7 Å². The Morgan fingerprint density at radius 2 is 1.86 bits per heavy atom. The molecule has 0 saturated carbocycles. The highest BCUT2D eigenvalue weighted by atomic mass is 16.5. The van der Waals surface area contributed by atoms with Gasteiger partial charge in [0.2, 0.25) is 0 Å². The van der Waals surface area contributed by atoms with Gasteiger partial charge in [-0.05, 0) is 43.2 Å². The number of rotatable bonds is 4. The number of hydrogen-bond donors (Lipinski definition) is 0. The molecule has 4 nitrogen and oxygen atoms in total. The molecule has 0 atom stereocenters. The number of para-hydroxylation sites is 2. The van der Waals surface area contributed by atoms with Crippen LogP contribution in [0.4, 0.5) is 0 Å². The van der Waals surface area contributed by atoms with E-state index in [1.807, 2.05) is 37.3 Å². The molecule has 22 heavy (non-hydrogen) atoms. The van der Waals surface area contributed by atoms with Crippen LogP contribution in [0.15, 0.2) is 48.5 Å². The summed E-state index contributed by atoms with van der Waals surface area (Å²) in [6.45, 7) is 2.89. The topological polar surface area (TPSA) is 44.1 Å². The summed E-state index contributed by atoms with van der Waals surface area (Å²) in [5.41, 5.74) is 3.95. The molecule has 0 aliphatic heterocycles. The van der Waals surface area contributed by atoms with Crippen LogP contribution in [0.1, 0.15) is 21.7 Å². The molecule has 112 valence electrons. The fourth-order valence-corrected chi connectivity index (χ4v) is 2.64. The van der Waals surface area contributed by atoms with Crippen molar-refractivity contribution in [2.75, 3.05) is 7.11 Å². The Bertz CT molecular complexity index is 804. The molecule has 0 amide bonds. The Morgan fingerprint density at radius 3 is 2.59 bits per heavy atom. The summed E-state index contributed by atoms with van der Waals surface area (Å²) in [5.74, 6) is 0.718.